The van der Waals surface area contributed by atoms with Gasteiger partial charge in [-0.1, -0.05) is 78.9 Å². The summed E-state index contributed by atoms with van der Waals surface area (Å²) in [5.74, 6) is 0.439. The molecule has 0 N–H and O–H groups in total. The van der Waals surface area contributed by atoms with E-state index in [0.717, 1.165) is 55.2 Å². The summed E-state index contributed by atoms with van der Waals surface area (Å²) in [7, 11) is -8.23. The Bertz CT molecular complexity index is 1630. The Morgan fingerprint density at radius 3 is 1.85 bits per heavy atom. The lowest BCUT2D eigenvalue weighted by Crippen LogP contribution is -2.18. The molecule has 0 amide bonds. The number of aryl methyl sites for hydroxylation is 1. The number of rotatable bonds is 11. The van der Waals surface area contributed by atoms with Crippen LogP contribution in [0.4, 0.5) is 0 Å². The van der Waals surface area contributed by atoms with Gasteiger partial charge in [0, 0.05) is 34.4 Å². The summed E-state index contributed by atoms with van der Waals surface area (Å²) < 4.78 is 64.9. The van der Waals surface area contributed by atoms with Gasteiger partial charge in [-0.2, -0.15) is 0 Å². The molecular formula is C36H42Cl2O8P2. The van der Waals surface area contributed by atoms with Crippen molar-refractivity contribution in [2.75, 3.05) is 13.2 Å². The number of benzene rings is 3. The normalized spacial score (nSPS) is 27.7. The maximum Gasteiger partial charge on any atom is 0.530 e. The fraction of sp³-hybridized carbons (Fsp3) is 0.444. The van der Waals surface area contributed by atoms with Crippen molar-refractivity contribution in [3.63, 3.8) is 0 Å². The molecule has 3 aromatic rings. The summed E-state index contributed by atoms with van der Waals surface area (Å²) in [6.45, 7) is 4.58. The van der Waals surface area contributed by atoms with Crippen molar-refractivity contribution in [2.45, 2.75) is 89.8 Å². The molecule has 0 radical (unpaired) electrons. The van der Waals surface area contributed by atoms with Gasteiger partial charge in [-0.05, 0) is 92.1 Å². The zero-order valence-electron chi connectivity index (χ0n) is 27.3. The van der Waals surface area contributed by atoms with E-state index >= 15 is 0 Å². The molecule has 0 bridgehead atoms. The second-order valence-electron chi connectivity index (χ2n) is 12.6. The molecule has 258 valence electrons. The molecule has 8 nitrogen and oxygen atoms in total. The molecular weight excluding hydrogens is 693 g/mol. The van der Waals surface area contributed by atoms with E-state index in [2.05, 4.69) is 19.9 Å². The average molecular weight is 736 g/mol. The molecule has 1 aliphatic carbocycles. The topological polar surface area (TPSA) is 89.5 Å². The standard InChI is InChI=1S/C36H42Cl2O8P2/c1-3-4-5-10-26-21-34(45-47(39)41-18-16-32(43-47)27-11-7-14-30(37)23-27)36(29-13-6-9-25(2)20-29)35(22-26)46-48(40)42-19-17-33(44-48)28-12-8-15-31(38)24-28/h7-8,11-12,14-15,20-24,29,32-33H,3-6,9-10,13,16-19H2,1-2H3. The van der Waals surface area contributed by atoms with Gasteiger partial charge in [-0.25, -0.2) is 9.13 Å². The summed E-state index contributed by atoms with van der Waals surface area (Å²) in [6, 6.07) is 18.3. The third-order valence-corrected chi connectivity index (χ3v) is 12.1. The first kappa shape index (κ1) is 35.7. The minimum atomic E-state index is -4.11. The van der Waals surface area contributed by atoms with Gasteiger partial charge in [0.2, 0.25) is 0 Å². The van der Waals surface area contributed by atoms with Crippen LogP contribution in [0.5, 0.6) is 11.5 Å². The molecule has 5 atom stereocenters. The van der Waals surface area contributed by atoms with Crippen molar-refractivity contribution >= 4 is 38.8 Å². The first-order valence-electron chi connectivity index (χ1n) is 16.7. The summed E-state index contributed by atoms with van der Waals surface area (Å²) in [4.78, 5) is 0. The second-order valence-corrected chi connectivity index (χ2v) is 16.6. The predicted octanol–water partition coefficient (Wildman–Crippen LogP) is 12.3. The first-order chi connectivity index (χ1) is 23.1. The van der Waals surface area contributed by atoms with Crippen LogP contribution in [0.2, 0.25) is 10.0 Å². The molecule has 2 heterocycles. The van der Waals surface area contributed by atoms with Gasteiger partial charge < -0.3 is 9.05 Å². The summed E-state index contributed by atoms with van der Waals surface area (Å²) in [5, 5.41) is 1.11. The fourth-order valence-corrected chi connectivity index (χ4v) is 9.69. The van der Waals surface area contributed by atoms with Crippen LogP contribution in [0.1, 0.15) is 106 Å². The lowest BCUT2D eigenvalue weighted by Gasteiger charge is -2.33. The maximum atomic E-state index is 14.3. The van der Waals surface area contributed by atoms with Crippen LogP contribution in [0.25, 0.3) is 0 Å². The van der Waals surface area contributed by atoms with Crippen LogP contribution in [-0.2, 0) is 33.6 Å². The van der Waals surface area contributed by atoms with Gasteiger partial charge in [0.15, 0.2) is 0 Å². The molecule has 0 saturated carbocycles. The molecule has 3 aromatic carbocycles. The van der Waals surface area contributed by atoms with E-state index < -0.39 is 27.9 Å². The monoisotopic (exact) mass is 734 g/mol. The Hall–Kier alpha value is -2.12. The molecule has 48 heavy (non-hydrogen) atoms. The molecule has 2 aliphatic heterocycles. The van der Waals surface area contributed by atoms with Crippen LogP contribution >= 0.6 is 38.8 Å². The SMILES string of the molecule is CCCCCc1cc(OP2(=O)OCCC(c3cccc(Cl)c3)O2)c(C2C=C(C)CCC2)c(OP2(=O)OCCC(c3cccc(Cl)c3)O2)c1. The van der Waals surface area contributed by atoms with Gasteiger partial charge in [-0.15, -0.1) is 0 Å². The van der Waals surface area contributed by atoms with Crippen LogP contribution < -0.4 is 9.05 Å². The highest BCUT2D eigenvalue weighted by Gasteiger charge is 2.42. The Morgan fingerprint density at radius 1 is 0.792 bits per heavy atom. The summed E-state index contributed by atoms with van der Waals surface area (Å²) in [5.41, 5.74) is 4.27. The molecule has 2 fully saturated rings. The van der Waals surface area contributed by atoms with E-state index in [1.807, 2.05) is 36.4 Å². The highest BCUT2D eigenvalue weighted by Crippen LogP contribution is 2.61. The summed E-state index contributed by atoms with van der Waals surface area (Å²) >= 11 is 12.5. The van der Waals surface area contributed by atoms with Gasteiger partial charge in [0.25, 0.3) is 0 Å². The van der Waals surface area contributed by atoms with Crippen molar-refractivity contribution in [1.82, 2.24) is 0 Å². The third kappa shape index (κ3) is 8.96. The lowest BCUT2D eigenvalue weighted by atomic mass is 9.84. The van der Waals surface area contributed by atoms with E-state index in [-0.39, 0.29) is 19.1 Å². The van der Waals surface area contributed by atoms with Crippen LogP contribution in [0.3, 0.4) is 0 Å². The van der Waals surface area contributed by atoms with Crippen LogP contribution in [0, 0.1) is 0 Å². The Morgan fingerprint density at radius 2 is 1.35 bits per heavy atom. The minimum Gasteiger partial charge on any atom is -0.404 e. The van der Waals surface area contributed by atoms with E-state index in [0.29, 0.717) is 46.4 Å². The highest BCUT2D eigenvalue weighted by atomic mass is 35.5. The van der Waals surface area contributed by atoms with Crippen molar-refractivity contribution in [3.05, 3.63) is 105 Å². The smallest absolute Gasteiger partial charge is 0.404 e. The molecule has 12 heteroatoms. The number of phosphoric ester groups is 2. The molecule has 6 rings (SSSR count). The number of halogens is 2. The number of phosphoric acid groups is 2. The fourth-order valence-electron chi connectivity index (χ4n) is 6.46. The number of hydrogen-bond acceptors (Lipinski definition) is 8. The number of allylic oxidation sites excluding steroid dienone is 2. The van der Waals surface area contributed by atoms with E-state index in [9.17, 15) is 9.13 Å². The minimum absolute atomic E-state index is 0.173. The number of unbranched alkanes of at least 4 members (excludes halogenated alkanes) is 2. The average Bonchev–Trinajstić information content (AvgIpc) is 3.04. The predicted molar refractivity (Wildman–Crippen MR) is 188 cm³/mol. The van der Waals surface area contributed by atoms with Crippen molar-refractivity contribution < 1.29 is 36.3 Å². The van der Waals surface area contributed by atoms with Crippen molar-refractivity contribution in [3.8, 4) is 11.5 Å². The van der Waals surface area contributed by atoms with Crippen LogP contribution in [0.15, 0.2) is 72.3 Å². The van der Waals surface area contributed by atoms with Gasteiger partial charge in [0.1, 0.15) is 11.5 Å². The Labute approximate surface area is 293 Å². The van der Waals surface area contributed by atoms with Gasteiger partial charge in [0.05, 0.1) is 25.4 Å². The number of hydrogen-bond donors (Lipinski definition) is 0. The molecule has 0 spiro atoms. The third-order valence-electron chi connectivity index (χ3n) is 8.81. The first-order valence-corrected chi connectivity index (χ1v) is 20.4. The van der Waals surface area contributed by atoms with Crippen LogP contribution in [-0.4, -0.2) is 13.2 Å². The zero-order chi connectivity index (χ0) is 33.7. The van der Waals surface area contributed by atoms with Crippen molar-refractivity contribution in [2.24, 2.45) is 0 Å². The largest absolute Gasteiger partial charge is 0.530 e. The zero-order valence-corrected chi connectivity index (χ0v) is 30.6. The van der Waals surface area contributed by atoms with E-state index in [1.165, 1.54) is 5.57 Å². The van der Waals surface area contributed by atoms with Crippen molar-refractivity contribution in [1.29, 1.82) is 0 Å². The molecule has 5 unspecified atom stereocenters. The molecule has 3 aliphatic rings. The Kier molecular flexibility index (Phi) is 11.8. The highest BCUT2D eigenvalue weighted by molar-refractivity contribution is 7.49. The summed E-state index contributed by atoms with van der Waals surface area (Å²) in [6.07, 6.45) is 8.45. The van der Waals surface area contributed by atoms with E-state index in [4.69, 9.17) is 50.3 Å². The lowest BCUT2D eigenvalue weighted by molar-refractivity contribution is 0.0502. The van der Waals surface area contributed by atoms with Gasteiger partial charge in [-0.3, -0.25) is 18.1 Å². The maximum absolute atomic E-state index is 14.3. The Balaban J connectivity index is 1.38. The van der Waals surface area contributed by atoms with Gasteiger partial charge >= 0.3 is 15.6 Å². The molecule has 2 saturated heterocycles. The van der Waals surface area contributed by atoms with E-state index in [1.54, 1.807) is 24.3 Å². The quantitative estimate of drug-likeness (QED) is 0.109. The second kappa shape index (κ2) is 15.8. The molecule has 0 aromatic heterocycles.